The van der Waals surface area contributed by atoms with Crippen molar-refractivity contribution in [1.82, 2.24) is 19.2 Å². The van der Waals surface area contributed by atoms with Crippen LogP contribution in [0.25, 0.3) is 0 Å². The van der Waals surface area contributed by atoms with Gasteiger partial charge >= 0.3 is 0 Å². The van der Waals surface area contributed by atoms with E-state index in [2.05, 4.69) is 10.3 Å². The van der Waals surface area contributed by atoms with Crippen LogP contribution in [0.2, 0.25) is 0 Å². The van der Waals surface area contributed by atoms with Gasteiger partial charge in [-0.3, -0.25) is 4.79 Å². The normalized spacial score (nSPS) is 17.6. The smallest absolute Gasteiger partial charge is 0.243 e. The lowest BCUT2D eigenvalue weighted by atomic mass is 10.2. The zero-order chi connectivity index (χ0) is 20.6. The van der Waals surface area contributed by atoms with Gasteiger partial charge in [0.05, 0.1) is 23.1 Å². The highest BCUT2D eigenvalue weighted by molar-refractivity contribution is 7.89. The van der Waals surface area contributed by atoms with Crippen LogP contribution in [0.1, 0.15) is 49.5 Å². The van der Waals surface area contributed by atoms with Crippen LogP contribution in [0.3, 0.4) is 0 Å². The van der Waals surface area contributed by atoms with Crippen molar-refractivity contribution >= 4 is 15.9 Å². The second-order valence-electron chi connectivity index (χ2n) is 7.80. The quantitative estimate of drug-likeness (QED) is 0.829. The Morgan fingerprint density at radius 2 is 1.86 bits per heavy atom. The maximum absolute atomic E-state index is 13.2. The number of fused-ring (bicyclic) bond motifs is 1. The van der Waals surface area contributed by atoms with Crippen LogP contribution >= 0.6 is 0 Å². The van der Waals surface area contributed by atoms with Crippen LogP contribution in [0.5, 0.6) is 0 Å². The SMILES string of the molecule is Cc1cc(C)cc(S(=O)(=O)N2CCn3cc(CC(=O)NC(C)C)nc3[C@@H]2C)c1. The average Bonchev–Trinajstić information content (AvgIpc) is 2.96. The molecule has 1 aliphatic heterocycles. The summed E-state index contributed by atoms with van der Waals surface area (Å²) in [4.78, 5) is 16.9. The highest BCUT2D eigenvalue weighted by atomic mass is 32.2. The lowest BCUT2D eigenvalue weighted by Gasteiger charge is -2.32. The zero-order valence-corrected chi connectivity index (χ0v) is 17.9. The molecule has 3 rings (SSSR count). The number of nitrogens with one attached hydrogen (secondary N) is 1. The lowest BCUT2D eigenvalue weighted by Crippen LogP contribution is -2.41. The van der Waals surface area contributed by atoms with Gasteiger partial charge in [-0.15, -0.1) is 0 Å². The molecule has 0 saturated heterocycles. The van der Waals surface area contributed by atoms with Gasteiger partial charge in [0.25, 0.3) is 0 Å². The molecule has 1 N–H and O–H groups in total. The maximum Gasteiger partial charge on any atom is 0.243 e. The number of aryl methyl sites for hydroxylation is 2. The summed E-state index contributed by atoms with van der Waals surface area (Å²) in [6.45, 7) is 10.3. The minimum Gasteiger partial charge on any atom is -0.354 e. The van der Waals surface area contributed by atoms with Gasteiger partial charge in [0.1, 0.15) is 5.82 Å². The van der Waals surface area contributed by atoms with Gasteiger partial charge in [0.2, 0.25) is 15.9 Å². The van der Waals surface area contributed by atoms with E-state index in [-0.39, 0.29) is 18.4 Å². The van der Waals surface area contributed by atoms with E-state index in [1.54, 1.807) is 12.1 Å². The molecule has 1 aromatic carbocycles. The minimum absolute atomic E-state index is 0.0714. The van der Waals surface area contributed by atoms with E-state index >= 15 is 0 Å². The molecule has 0 radical (unpaired) electrons. The number of rotatable bonds is 5. The Morgan fingerprint density at radius 1 is 1.21 bits per heavy atom. The molecule has 0 fully saturated rings. The van der Waals surface area contributed by atoms with Crippen molar-refractivity contribution in [3.8, 4) is 0 Å². The van der Waals surface area contributed by atoms with Crippen molar-refractivity contribution in [3.05, 3.63) is 47.0 Å². The molecule has 152 valence electrons. The third-order valence-corrected chi connectivity index (χ3v) is 6.77. The number of hydrogen-bond donors (Lipinski definition) is 1. The Kier molecular flexibility index (Phi) is 5.63. The van der Waals surface area contributed by atoms with Crippen LogP contribution in [0.4, 0.5) is 0 Å². The second-order valence-corrected chi connectivity index (χ2v) is 9.69. The molecule has 0 unspecified atom stereocenters. The number of carbonyl (C=O) groups excluding carboxylic acids is 1. The monoisotopic (exact) mass is 404 g/mol. The highest BCUT2D eigenvalue weighted by Crippen LogP contribution is 2.31. The van der Waals surface area contributed by atoms with Crippen molar-refractivity contribution in [2.24, 2.45) is 0 Å². The van der Waals surface area contributed by atoms with Crippen molar-refractivity contribution < 1.29 is 13.2 Å². The zero-order valence-electron chi connectivity index (χ0n) is 17.1. The summed E-state index contributed by atoms with van der Waals surface area (Å²) in [6, 6.07) is 5.04. The first kappa shape index (κ1) is 20.5. The van der Waals surface area contributed by atoms with E-state index in [1.807, 2.05) is 51.4 Å². The fraction of sp³-hybridized carbons (Fsp3) is 0.500. The van der Waals surface area contributed by atoms with Crippen molar-refractivity contribution in [2.75, 3.05) is 6.54 Å². The summed E-state index contributed by atoms with van der Waals surface area (Å²) in [6.07, 6.45) is 2.04. The molecule has 1 amide bonds. The molecule has 7 nitrogen and oxygen atoms in total. The van der Waals surface area contributed by atoms with Gasteiger partial charge in [-0.2, -0.15) is 4.31 Å². The molecule has 2 aromatic rings. The first-order chi connectivity index (χ1) is 13.1. The molecule has 0 saturated carbocycles. The topological polar surface area (TPSA) is 84.3 Å². The maximum atomic E-state index is 13.2. The van der Waals surface area contributed by atoms with Crippen LogP contribution in [0, 0.1) is 13.8 Å². The molecular weight excluding hydrogens is 376 g/mol. The Bertz CT molecular complexity index is 975. The molecule has 28 heavy (non-hydrogen) atoms. The first-order valence-corrected chi connectivity index (χ1v) is 11.0. The Labute approximate surface area is 166 Å². The molecule has 0 bridgehead atoms. The summed E-state index contributed by atoms with van der Waals surface area (Å²) in [5, 5.41) is 2.85. The van der Waals surface area contributed by atoms with Crippen molar-refractivity contribution in [3.63, 3.8) is 0 Å². The van der Waals surface area contributed by atoms with E-state index in [1.165, 1.54) is 4.31 Å². The van der Waals surface area contributed by atoms with Crippen molar-refractivity contribution in [2.45, 2.75) is 64.6 Å². The number of sulfonamides is 1. The average molecular weight is 405 g/mol. The number of aromatic nitrogens is 2. The van der Waals surface area contributed by atoms with Crippen LogP contribution in [-0.4, -0.2) is 40.8 Å². The number of hydrogen-bond acceptors (Lipinski definition) is 4. The molecule has 1 aromatic heterocycles. The van der Waals surface area contributed by atoms with Gasteiger partial charge in [0, 0.05) is 25.3 Å². The summed E-state index contributed by atoms with van der Waals surface area (Å²) in [5.74, 6) is 0.587. The second kappa shape index (κ2) is 7.67. The first-order valence-electron chi connectivity index (χ1n) is 9.53. The number of nitrogens with zero attached hydrogens (tertiary/aromatic N) is 3. The third kappa shape index (κ3) is 4.12. The van der Waals surface area contributed by atoms with E-state index in [9.17, 15) is 13.2 Å². The summed E-state index contributed by atoms with van der Waals surface area (Å²) in [7, 11) is -3.63. The molecule has 0 aliphatic carbocycles. The summed E-state index contributed by atoms with van der Waals surface area (Å²) < 4.78 is 29.9. The number of amides is 1. The van der Waals surface area contributed by atoms with E-state index in [4.69, 9.17) is 0 Å². The van der Waals surface area contributed by atoms with E-state index < -0.39 is 16.1 Å². The van der Waals surface area contributed by atoms with Crippen LogP contribution in [-0.2, 0) is 27.8 Å². The van der Waals surface area contributed by atoms with Crippen LogP contribution in [0.15, 0.2) is 29.3 Å². The third-order valence-electron chi connectivity index (χ3n) is 4.82. The standard InChI is InChI=1S/C20H28N4O3S/c1-13(2)21-19(25)11-17-12-23-6-7-24(16(5)20(23)22-17)28(26,27)18-9-14(3)8-15(4)10-18/h8-10,12-13,16H,6-7,11H2,1-5H3,(H,21,25)/t16-/m0/s1. The highest BCUT2D eigenvalue weighted by Gasteiger charge is 2.35. The Morgan fingerprint density at radius 3 is 2.46 bits per heavy atom. The number of imidazole rings is 1. The largest absolute Gasteiger partial charge is 0.354 e. The fourth-order valence-electron chi connectivity index (χ4n) is 3.70. The van der Waals surface area contributed by atoms with Gasteiger partial charge in [-0.05, 0) is 57.9 Å². The summed E-state index contributed by atoms with van der Waals surface area (Å²) >= 11 is 0. The van der Waals surface area contributed by atoms with Gasteiger partial charge in [0.15, 0.2) is 0 Å². The fourth-order valence-corrected chi connectivity index (χ4v) is 5.47. The lowest BCUT2D eigenvalue weighted by molar-refractivity contribution is -0.120. The summed E-state index contributed by atoms with van der Waals surface area (Å²) in [5.41, 5.74) is 2.50. The van der Waals surface area contributed by atoms with Crippen LogP contribution < -0.4 is 5.32 Å². The van der Waals surface area contributed by atoms with E-state index in [0.717, 1.165) is 11.1 Å². The van der Waals surface area contributed by atoms with Crippen molar-refractivity contribution in [1.29, 1.82) is 0 Å². The molecule has 1 aliphatic rings. The number of carbonyl (C=O) groups is 1. The van der Waals surface area contributed by atoms with Gasteiger partial charge < -0.3 is 9.88 Å². The number of benzene rings is 1. The van der Waals surface area contributed by atoms with Gasteiger partial charge in [-0.1, -0.05) is 6.07 Å². The Balaban J connectivity index is 1.86. The molecule has 1 atom stereocenters. The molecule has 2 heterocycles. The van der Waals surface area contributed by atoms with Gasteiger partial charge in [-0.25, -0.2) is 13.4 Å². The molecule has 8 heteroatoms. The van der Waals surface area contributed by atoms with E-state index in [0.29, 0.717) is 29.5 Å². The molecular formula is C20H28N4O3S. The Hall–Kier alpha value is -2.19. The predicted molar refractivity (Wildman–Crippen MR) is 107 cm³/mol. The minimum atomic E-state index is -3.63. The molecule has 0 spiro atoms. The predicted octanol–water partition coefficient (Wildman–Crippen LogP) is 2.33.